The van der Waals surface area contributed by atoms with E-state index >= 15 is 0 Å². The fraction of sp³-hybridized carbons (Fsp3) is 0.500. The standard InChI is InChI=1S/C10H15NO.C2H6/c1-3-8-4-5-9(11)6-10(8)7(2)12;1-2/h4-7,12H,3,11H2,1-2H3;1-2H3. The van der Waals surface area contributed by atoms with Crippen LogP contribution in [0.1, 0.15) is 44.9 Å². The average molecular weight is 195 g/mol. The Kier molecular flexibility index (Phi) is 5.97. The van der Waals surface area contributed by atoms with Crippen LogP contribution in [0.15, 0.2) is 18.2 Å². The van der Waals surface area contributed by atoms with E-state index in [1.165, 1.54) is 5.56 Å². The summed E-state index contributed by atoms with van der Waals surface area (Å²) in [4.78, 5) is 0. The summed E-state index contributed by atoms with van der Waals surface area (Å²) in [7, 11) is 0. The van der Waals surface area contributed by atoms with E-state index in [2.05, 4.69) is 6.92 Å². The first kappa shape index (κ1) is 13.0. The Bertz CT molecular complexity index is 269. The Morgan fingerprint density at radius 1 is 1.36 bits per heavy atom. The Balaban J connectivity index is 0.000000791. The van der Waals surface area contributed by atoms with Gasteiger partial charge in [-0.05, 0) is 36.6 Å². The topological polar surface area (TPSA) is 46.2 Å². The molecule has 0 radical (unpaired) electrons. The van der Waals surface area contributed by atoms with Crippen LogP contribution in [0.2, 0.25) is 0 Å². The van der Waals surface area contributed by atoms with Crippen molar-refractivity contribution in [3.05, 3.63) is 29.3 Å². The second-order valence-electron chi connectivity index (χ2n) is 2.99. The van der Waals surface area contributed by atoms with Crippen LogP contribution in [-0.4, -0.2) is 5.11 Å². The maximum absolute atomic E-state index is 9.40. The van der Waals surface area contributed by atoms with Crippen LogP contribution in [0, 0.1) is 0 Å². The first-order valence-corrected chi connectivity index (χ1v) is 5.21. The van der Waals surface area contributed by atoms with Crippen molar-refractivity contribution in [1.82, 2.24) is 0 Å². The molecule has 1 unspecified atom stereocenters. The minimum Gasteiger partial charge on any atom is -0.399 e. The quantitative estimate of drug-likeness (QED) is 0.713. The van der Waals surface area contributed by atoms with Gasteiger partial charge in [0.2, 0.25) is 0 Å². The lowest BCUT2D eigenvalue weighted by molar-refractivity contribution is 0.198. The van der Waals surface area contributed by atoms with E-state index in [4.69, 9.17) is 5.73 Å². The van der Waals surface area contributed by atoms with Crippen molar-refractivity contribution in [2.24, 2.45) is 0 Å². The van der Waals surface area contributed by atoms with Crippen LogP contribution in [-0.2, 0) is 6.42 Å². The van der Waals surface area contributed by atoms with Crippen LogP contribution >= 0.6 is 0 Å². The first-order chi connectivity index (χ1) is 6.65. The van der Waals surface area contributed by atoms with Gasteiger partial charge in [0.1, 0.15) is 0 Å². The Morgan fingerprint density at radius 2 is 1.93 bits per heavy atom. The molecule has 1 rings (SSSR count). The third-order valence-electron chi connectivity index (χ3n) is 2.00. The largest absolute Gasteiger partial charge is 0.399 e. The van der Waals surface area contributed by atoms with Gasteiger partial charge in [-0.2, -0.15) is 0 Å². The number of aliphatic hydroxyl groups excluding tert-OH is 1. The fourth-order valence-corrected chi connectivity index (χ4v) is 1.32. The van der Waals surface area contributed by atoms with Gasteiger partial charge in [0, 0.05) is 5.69 Å². The van der Waals surface area contributed by atoms with Crippen LogP contribution < -0.4 is 5.73 Å². The number of hydrogen-bond donors (Lipinski definition) is 2. The number of anilines is 1. The van der Waals surface area contributed by atoms with Crippen molar-refractivity contribution in [3.8, 4) is 0 Å². The predicted molar refractivity (Wildman–Crippen MR) is 62.2 cm³/mol. The minimum atomic E-state index is -0.427. The average Bonchev–Trinajstić information content (AvgIpc) is 2.20. The van der Waals surface area contributed by atoms with Gasteiger partial charge in [0.15, 0.2) is 0 Å². The monoisotopic (exact) mass is 195 g/mol. The van der Waals surface area contributed by atoms with Gasteiger partial charge in [-0.15, -0.1) is 0 Å². The number of nitrogen functional groups attached to an aromatic ring is 1. The summed E-state index contributed by atoms with van der Waals surface area (Å²) in [5.74, 6) is 0. The molecular weight excluding hydrogens is 174 g/mol. The van der Waals surface area contributed by atoms with Crippen molar-refractivity contribution in [3.63, 3.8) is 0 Å². The molecule has 0 aliphatic heterocycles. The SMILES string of the molecule is CC.CCc1ccc(N)cc1C(C)O. The molecule has 0 amide bonds. The summed E-state index contributed by atoms with van der Waals surface area (Å²) >= 11 is 0. The van der Waals surface area contributed by atoms with Crippen LogP contribution in [0.25, 0.3) is 0 Å². The van der Waals surface area contributed by atoms with E-state index in [9.17, 15) is 5.11 Å². The Morgan fingerprint density at radius 3 is 2.36 bits per heavy atom. The summed E-state index contributed by atoms with van der Waals surface area (Å²) in [5.41, 5.74) is 8.43. The summed E-state index contributed by atoms with van der Waals surface area (Å²) in [6.07, 6.45) is 0.504. The molecule has 1 atom stereocenters. The molecule has 0 saturated carbocycles. The number of nitrogens with two attached hydrogens (primary N) is 1. The van der Waals surface area contributed by atoms with Crippen molar-refractivity contribution >= 4 is 5.69 Å². The maximum atomic E-state index is 9.40. The van der Waals surface area contributed by atoms with E-state index in [0.717, 1.165) is 12.0 Å². The molecule has 0 heterocycles. The molecule has 2 heteroatoms. The van der Waals surface area contributed by atoms with E-state index in [0.29, 0.717) is 5.69 Å². The lowest BCUT2D eigenvalue weighted by Gasteiger charge is -2.10. The number of benzene rings is 1. The lowest BCUT2D eigenvalue weighted by Crippen LogP contribution is -1.99. The van der Waals surface area contributed by atoms with Crippen LogP contribution in [0.4, 0.5) is 5.69 Å². The number of rotatable bonds is 2. The van der Waals surface area contributed by atoms with Crippen molar-refractivity contribution in [2.75, 3.05) is 5.73 Å². The highest BCUT2D eigenvalue weighted by Gasteiger charge is 2.05. The van der Waals surface area contributed by atoms with Gasteiger partial charge >= 0.3 is 0 Å². The molecule has 0 aromatic heterocycles. The molecule has 0 aliphatic rings. The van der Waals surface area contributed by atoms with E-state index < -0.39 is 6.10 Å². The third-order valence-corrected chi connectivity index (χ3v) is 2.00. The lowest BCUT2D eigenvalue weighted by atomic mass is 10.0. The van der Waals surface area contributed by atoms with Gasteiger partial charge in [-0.3, -0.25) is 0 Å². The summed E-state index contributed by atoms with van der Waals surface area (Å²) < 4.78 is 0. The number of hydrogen-bond acceptors (Lipinski definition) is 2. The van der Waals surface area contributed by atoms with Gasteiger partial charge < -0.3 is 10.8 Å². The smallest absolute Gasteiger partial charge is 0.0765 e. The molecule has 1 aromatic carbocycles. The van der Waals surface area contributed by atoms with Gasteiger partial charge in [-0.1, -0.05) is 26.8 Å². The highest BCUT2D eigenvalue weighted by molar-refractivity contribution is 5.45. The molecule has 80 valence electrons. The number of aliphatic hydroxyl groups is 1. The third kappa shape index (κ3) is 3.38. The summed E-state index contributed by atoms with van der Waals surface area (Å²) in [5, 5.41) is 9.40. The Hall–Kier alpha value is -1.02. The highest BCUT2D eigenvalue weighted by atomic mass is 16.3. The maximum Gasteiger partial charge on any atom is 0.0765 e. The molecule has 3 N–H and O–H groups in total. The zero-order chi connectivity index (χ0) is 11.1. The van der Waals surface area contributed by atoms with Gasteiger partial charge in [0.05, 0.1) is 6.10 Å². The molecule has 0 aliphatic carbocycles. The normalized spacial score (nSPS) is 11.5. The van der Waals surface area contributed by atoms with Crippen molar-refractivity contribution < 1.29 is 5.11 Å². The fourth-order valence-electron chi connectivity index (χ4n) is 1.32. The predicted octanol–water partition coefficient (Wildman–Crippen LogP) is 2.91. The molecule has 0 fully saturated rings. The second kappa shape index (κ2) is 6.44. The van der Waals surface area contributed by atoms with E-state index in [1.807, 2.05) is 32.0 Å². The molecule has 14 heavy (non-hydrogen) atoms. The van der Waals surface area contributed by atoms with Crippen LogP contribution in [0.5, 0.6) is 0 Å². The molecule has 0 bridgehead atoms. The van der Waals surface area contributed by atoms with Gasteiger partial charge in [0.25, 0.3) is 0 Å². The van der Waals surface area contributed by atoms with E-state index in [1.54, 1.807) is 6.92 Å². The summed E-state index contributed by atoms with van der Waals surface area (Å²) in [6.45, 7) is 7.82. The van der Waals surface area contributed by atoms with Gasteiger partial charge in [-0.25, -0.2) is 0 Å². The zero-order valence-electron chi connectivity index (χ0n) is 9.54. The van der Waals surface area contributed by atoms with E-state index in [-0.39, 0.29) is 0 Å². The molecular formula is C12H21NO. The Labute approximate surface area is 86.8 Å². The second-order valence-corrected chi connectivity index (χ2v) is 2.99. The first-order valence-electron chi connectivity index (χ1n) is 5.21. The zero-order valence-corrected chi connectivity index (χ0v) is 9.54. The van der Waals surface area contributed by atoms with Crippen molar-refractivity contribution in [2.45, 2.75) is 40.2 Å². The molecule has 2 nitrogen and oxygen atoms in total. The van der Waals surface area contributed by atoms with Crippen molar-refractivity contribution in [1.29, 1.82) is 0 Å². The van der Waals surface area contributed by atoms with Crippen LogP contribution in [0.3, 0.4) is 0 Å². The molecule has 0 saturated heterocycles. The molecule has 0 spiro atoms. The molecule has 1 aromatic rings. The highest BCUT2D eigenvalue weighted by Crippen LogP contribution is 2.20. The minimum absolute atomic E-state index is 0.427. The summed E-state index contributed by atoms with van der Waals surface area (Å²) in [6, 6.07) is 5.67. The number of aryl methyl sites for hydroxylation is 1.